The van der Waals surface area contributed by atoms with Gasteiger partial charge in [-0.15, -0.1) is 11.3 Å². The van der Waals surface area contributed by atoms with Gasteiger partial charge in [0.1, 0.15) is 5.82 Å². The Kier molecular flexibility index (Phi) is 5.40. The van der Waals surface area contributed by atoms with E-state index in [1.165, 1.54) is 27.8 Å². The molecular weight excluding hydrogens is 377 g/mol. The van der Waals surface area contributed by atoms with Crippen molar-refractivity contribution in [2.75, 3.05) is 11.9 Å². The molecule has 1 aromatic heterocycles. The first-order valence-electron chi connectivity index (χ1n) is 8.27. The zero-order valence-electron chi connectivity index (χ0n) is 14.5. The number of hydrogen-bond acceptors (Lipinski definition) is 5. The number of sulfonamides is 1. The average Bonchev–Trinajstić information content (AvgIpc) is 2.97. The number of amides is 1. The predicted molar refractivity (Wildman–Crippen MR) is 99.0 cm³/mol. The molecule has 0 saturated heterocycles. The molecule has 140 valence electrons. The van der Waals surface area contributed by atoms with Crippen LogP contribution in [-0.2, 0) is 34.2 Å². The van der Waals surface area contributed by atoms with E-state index in [-0.39, 0.29) is 18.1 Å². The van der Waals surface area contributed by atoms with E-state index in [1.54, 1.807) is 26.0 Å². The second kappa shape index (κ2) is 7.42. The van der Waals surface area contributed by atoms with E-state index in [0.717, 1.165) is 10.6 Å². The number of fused-ring (bicyclic) bond motifs is 1. The minimum Gasteiger partial charge on any atom is -0.302 e. The molecule has 1 aliphatic rings. The van der Waals surface area contributed by atoms with Gasteiger partial charge in [-0.3, -0.25) is 4.79 Å². The number of halogens is 1. The third-order valence-corrected chi connectivity index (χ3v) is 7.40. The van der Waals surface area contributed by atoms with Crippen molar-refractivity contribution >= 4 is 32.4 Å². The fourth-order valence-electron chi connectivity index (χ4n) is 2.69. The molecule has 9 heteroatoms. The van der Waals surface area contributed by atoms with Crippen molar-refractivity contribution in [1.82, 2.24) is 9.29 Å². The molecule has 6 nitrogen and oxygen atoms in total. The molecule has 0 unspecified atom stereocenters. The molecular formula is C17H20FN3O3S2. The Labute approximate surface area is 156 Å². The quantitative estimate of drug-likeness (QED) is 0.841. The zero-order chi connectivity index (χ0) is 18.9. The summed E-state index contributed by atoms with van der Waals surface area (Å²) in [6, 6.07) is 5.76. The van der Waals surface area contributed by atoms with E-state index in [9.17, 15) is 17.6 Å². The molecule has 2 aromatic rings. The molecule has 0 spiro atoms. The van der Waals surface area contributed by atoms with Gasteiger partial charge >= 0.3 is 0 Å². The minimum absolute atomic E-state index is 0.123. The molecule has 0 aliphatic carbocycles. The monoisotopic (exact) mass is 397 g/mol. The number of thiazole rings is 1. The van der Waals surface area contributed by atoms with Gasteiger partial charge in [-0.1, -0.05) is 12.1 Å². The van der Waals surface area contributed by atoms with Gasteiger partial charge in [0, 0.05) is 24.4 Å². The first-order valence-corrected chi connectivity index (χ1v) is 10.6. The van der Waals surface area contributed by atoms with Crippen molar-refractivity contribution in [3.05, 3.63) is 46.2 Å². The smallest absolute Gasteiger partial charge is 0.230 e. The molecule has 0 fully saturated rings. The van der Waals surface area contributed by atoms with Gasteiger partial charge in [-0.25, -0.2) is 17.8 Å². The molecule has 0 bridgehead atoms. The Morgan fingerprint density at radius 1 is 1.35 bits per heavy atom. The molecule has 0 radical (unpaired) electrons. The van der Waals surface area contributed by atoms with Gasteiger partial charge in [-0.2, -0.15) is 4.31 Å². The fourth-order valence-corrected chi connectivity index (χ4v) is 5.06. The summed E-state index contributed by atoms with van der Waals surface area (Å²) in [6.07, 6.45) is 0.657. The van der Waals surface area contributed by atoms with Crippen LogP contribution in [0.25, 0.3) is 0 Å². The largest absolute Gasteiger partial charge is 0.302 e. The van der Waals surface area contributed by atoms with Crippen LogP contribution in [0.3, 0.4) is 0 Å². The van der Waals surface area contributed by atoms with E-state index in [4.69, 9.17) is 0 Å². The molecule has 26 heavy (non-hydrogen) atoms. The van der Waals surface area contributed by atoms with Gasteiger partial charge in [-0.05, 0) is 31.5 Å². The Balaban J connectivity index is 1.66. The Hall–Kier alpha value is -1.84. The molecule has 0 saturated carbocycles. The molecule has 1 aromatic carbocycles. The molecule has 1 N–H and O–H groups in total. The van der Waals surface area contributed by atoms with Crippen molar-refractivity contribution in [1.29, 1.82) is 0 Å². The molecule has 2 heterocycles. The van der Waals surface area contributed by atoms with Gasteiger partial charge < -0.3 is 5.32 Å². The standard InChI is InChI=1S/C17H20FN3O3S2/c1-11(2)26(23,24)21-8-7-14-15(10-21)25-17(19-14)20-16(22)9-12-3-5-13(18)6-4-12/h3-6,11H,7-10H2,1-2H3,(H,19,20,22). The highest BCUT2D eigenvalue weighted by molar-refractivity contribution is 7.89. The van der Waals surface area contributed by atoms with Crippen molar-refractivity contribution in [3.8, 4) is 0 Å². The average molecular weight is 397 g/mol. The lowest BCUT2D eigenvalue weighted by Crippen LogP contribution is -2.39. The van der Waals surface area contributed by atoms with Gasteiger partial charge in [0.15, 0.2) is 5.13 Å². The first-order chi connectivity index (χ1) is 12.3. The SMILES string of the molecule is CC(C)S(=O)(=O)N1CCc2nc(NC(=O)Cc3ccc(F)cc3)sc2C1. The maximum atomic E-state index is 12.9. The van der Waals surface area contributed by atoms with Gasteiger partial charge in [0.2, 0.25) is 15.9 Å². The Morgan fingerprint density at radius 2 is 2.04 bits per heavy atom. The highest BCUT2D eigenvalue weighted by Crippen LogP contribution is 2.30. The highest BCUT2D eigenvalue weighted by atomic mass is 32.2. The number of carbonyl (C=O) groups is 1. The van der Waals surface area contributed by atoms with Crippen LogP contribution in [0, 0.1) is 5.82 Å². The summed E-state index contributed by atoms with van der Waals surface area (Å²) in [5.74, 6) is -0.586. The summed E-state index contributed by atoms with van der Waals surface area (Å²) in [7, 11) is -3.31. The number of nitrogens with one attached hydrogen (secondary N) is 1. The summed E-state index contributed by atoms with van der Waals surface area (Å²) in [5, 5.41) is 2.74. The van der Waals surface area contributed by atoms with Crippen molar-refractivity contribution in [3.63, 3.8) is 0 Å². The first kappa shape index (κ1) is 18.9. The van der Waals surface area contributed by atoms with E-state index < -0.39 is 15.3 Å². The predicted octanol–water partition coefficient (Wildman–Crippen LogP) is 2.56. The number of hydrogen-bond donors (Lipinski definition) is 1. The van der Waals surface area contributed by atoms with Crippen molar-refractivity contribution in [2.24, 2.45) is 0 Å². The maximum Gasteiger partial charge on any atom is 0.230 e. The van der Waals surface area contributed by atoms with Crippen molar-refractivity contribution < 1.29 is 17.6 Å². The number of aromatic nitrogens is 1. The number of carbonyl (C=O) groups excluding carboxylic acids is 1. The van der Waals surface area contributed by atoms with Crippen LogP contribution < -0.4 is 5.32 Å². The van der Waals surface area contributed by atoms with Crippen molar-refractivity contribution in [2.45, 2.75) is 38.5 Å². The fraction of sp³-hybridized carbons (Fsp3) is 0.412. The second-order valence-corrected chi connectivity index (χ2v) is 9.99. The third kappa shape index (κ3) is 4.11. The summed E-state index contributed by atoms with van der Waals surface area (Å²) in [4.78, 5) is 17.4. The van der Waals surface area contributed by atoms with Gasteiger partial charge in [0.25, 0.3) is 0 Å². The molecule has 1 aliphatic heterocycles. The lowest BCUT2D eigenvalue weighted by molar-refractivity contribution is -0.115. The van der Waals surface area contributed by atoms with E-state index in [0.29, 0.717) is 30.2 Å². The summed E-state index contributed by atoms with van der Waals surface area (Å²) in [6.45, 7) is 4.03. The molecule has 1 amide bonds. The van der Waals surface area contributed by atoms with Crippen LogP contribution in [0.4, 0.5) is 9.52 Å². The number of nitrogens with zero attached hydrogens (tertiary/aromatic N) is 2. The van der Waals surface area contributed by atoms with Crippen LogP contribution in [0.5, 0.6) is 0 Å². The molecule has 3 rings (SSSR count). The second-order valence-electron chi connectivity index (χ2n) is 6.42. The summed E-state index contributed by atoms with van der Waals surface area (Å²) < 4.78 is 39.0. The lowest BCUT2D eigenvalue weighted by Gasteiger charge is -2.26. The van der Waals surface area contributed by atoms with Crippen LogP contribution in [0.2, 0.25) is 0 Å². The minimum atomic E-state index is -3.31. The number of rotatable bonds is 5. The summed E-state index contributed by atoms with van der Waals surface area (Å²) in [5.41, 5.74) is 1.54. The van der Waals surface area contributed by atoms with Gasteiger partial charge in [0.05, 0.1) is 17.4 Å². The zero-order valence-corrected chi connectivity index (χ0v) is 16.2. The third-order valence-electron chi connectivity index (χ3n) is 4.18. The number of anilines is 1. The summed E-state index contributed by atoms with van der Waals surface area (Å²) >= 11 is 1.30. The molecule has 0 atom stereocenters. The lowest BCUT2D eigenvalue weighted by atomic mass is 10.1. The normalized spacial score (nSPS) is 15.1. The van der Waals surface area contributed by atoms with Crippen LogP contribution in [0.15, 0.2) is 24.3 Å². The van der Waals surface area contributed by atoms with E-state index in [1.807, 2.05) is 0 Å². The van der Waals surface area contributed by atoms with Crippen LogP contribution in [0.1, 0.15) is 30.0 Å². The van der Waals surface area contributed by atoms with Crippen LogP contribution in [-0.4, -0.2) is 35.4 Å². The maximum absolute atomic E-state index is 12.9. The van der Waals surface area contributed by atoms with E-state index >= 15 is 0 Å². The van der Waals surface area contributed by atoms with Crippen LogP contribution >= 0.6 is 11.3 Å². The highest BCUT2D eigenvalue weighted by Gasteiger charge is 2.31. The van der Waals surface area contributed by atoms with E-state index in [2.05, 4.69) is 10.3 Å². The Bertz CT molecular complexity index is 908. The Morgan fingerprint density at radius 3 is 2.69 bits per heavy atom. The topological polar surface area (TPSA) is 79.4 Å². The number of benzene rings is 1.